The van der Waals surface area contributed by atoms with Crippen LogP contribution in [0.5, 0.6) is 0 Å². The molecule has 4 nitrogen and oxygen atoms in total. The molecule has 0 aliphatic carbocycles. The summed E-state index contributed by atoms with van der Waals surface area (Å²) in [7, 11) is 0. The van der Waals surface area contributed by atoms with Gasteiger partial charge in [-0.2, -0.15) is 4.72 Å². The summed E-state index contributed by atoms with van der Waals surface area (Å²) in [6, 6.07) is 0. The van der Waals surface area contributed by atoms with Crippen LogP contribution in [0, 0.1) is 0 Å². The number of nitrogens with one attached hydrogen (secondary N) is 1. The highest BCUT2D eigenvalue weighted by Gasteiger charge is 2.16. The number of carbonyl (C=O) groups is 2. The molecule has 0 aliphatic heterocycles. The van der Waals surface area contributed by atoms with Gasteiger partial charge in [0.2, 0.25) is 5.75 Å². The van der Waals surface area contributed by atoms with Crippen LogP contribution in [-0.4, -0.2) is 29.0 Å². The quantitative estimate of drug-likeness (QED) is 0.546. The van der Waals surface area contributed by atoms with E-state index in [-0.39, 0.29) is 11.7 Å². The Morgan fingerprint density at radius 3 is 2.40 bits per heavy atom. The van der Waals surface area contributed by atoms with E-state index in [0.717, 1.165) is 0 Å². The van der Waals surface area contributed by atoms with Crippen LogP contribution in [0.15, 0.2) is 0 Å². The predicted octanol–water partition coefficient (Wildman–Crippen LogP) is -0.630. The molecule has 0 fully saturated rings. The van der Waals surface area contributed by atoms with Crippen LogP contribution in [0.25, 0.3) is 0 Å². The minimum absolute atomic E-state index is 0.000417. The summed E-state index contributed by atoms with van der Waals surface area (Å²) in [6.45, 7) is 1.37. The summed E-state index contributed by atoms with van der Waals surface area (Å²) in [5.74, 6) is -1.08. The third kappa shape index (κ3) is 5.43. The van der Waals surface area contributed by atoms with Crippen molar-refractivity contribution in [1.82, 2.24) is 4.72 Å². The number of carbonyl (C=O) groups excluding carboxylic acids is 1. The van der Waals surface area contributed by atoms with E-state index in [1.165, 1.54) is 6.92 Å². The molecule has 0 saturated carbocycles. The van der Waals surface area contributed by atoms with Gasteiger partial charge in [-0.15, -0.1) is 0 Å². The molecule has 0 rings (SSSR count). The topological polar surface area (TPSA) is 66.4 Å². The van der Waals surface area contributed by atoms with E-state index in [2.05, 4.69) is 4.72 Å². The lowest BCUT2D eigenvalue weighted by Gasteiger charge is -1.97. The van der Waals surface area contributed by atoms with Crippen molar-refractivity contribution in [3.05, 3.63) is 0 Å². The molecule has 0 heterocycles. The first-order valence-corrected chi connectivity index (χ1v) is 4.44. The van der Waals surface area contributed by atoms with Gasteiger partial charge in [0.1, 0.15) is 17.3 Å². The van der Waals surface area contributed by atoms with Gasteiger partial charge < -0.3 is 5.11 Å². The minimum Gasteiger partial charge on any atom is -0.478 e. The van der Waals surface area contributed by atoms with Crippen LogP contribution in [0.2, 0.25) is 0 Å². The van der Waals surface area contributed by atoms with Gasteiger partial charge in [-0.1, -0.05) is 0 Å². The smallest absolute Gasteiger partial charge is 0.356 e. The first kappa shape index (κ1) is 9.29. The van der Waals surface area contributed by atoms with Crippen molar-refractivity contribution in [2.45, 2.75) is 6.92 Å². The van der Waals surface area contributed by atoms with E-state index in [1.807, 2.05) is 0 Å². The third-order valence-electron chi connectivity index (χ3n) is 0.658. The van der Waals surface area contributed by atoms with Crippen LogP contribution < -0.4 is 4.72 Å². The molecule has 0 aliphatic rings. The fourth-order valence-electron chi connectivity index (χ4n) is 0.467. The Hall–Kier alpha value is -0.710. The number of hydrogen-bond acceptors (Lipinski definition) is 2. The lowest BCUT2D eigenvalue weighted by atomic mass is 10.8. The molecule has 1 atom stereocenters. The highest BCUT2D eigenvalue weighted by Crippen LogP contribution is 1.83. The minimum atomic E-state index is -0.889. The lowest BCUT2D eigenvalue weighted by Crippen LogP contribution is -2.32. The van der Waals surface area contributed by atoms with Crippen LogP contribution in [0.1, 0.15) is 6.92 Å². The van der Waals surface area contributed by atoms with Gasteiger partial charge in [-0.3, -0.25) is 4.79 Å². The number of carboxylic acids is 1. The van der Waals surface area contributed by atoms with Crippen molar-refractivity contribution < 1.29 is 14.7 Å². The molecule has 1 amide bonds. The first-order valence-electron chi connectivity index (χ1n) is 2.64. The van der Waals surface area contributed by atoms with E-state index < -0.39 is 17.1 Å². The van der Waals surface area contributed by atoms with E-state index in [0.29, 0.717) is 0 Å². The molecule has 0 aromatic carbocycles. The van der Waals surface area contributed by atoms with E-state index in [4.69, 9.17) is 5.11 Å². The Bertz CT molecular complexity index is 132. The predicted molar refractivity (Wildman–Crippen MR) is 39.6 cm³/mol. The van der Waals surface area contributed by atoms with Crippen molar-refractivity contribution in [3.63, 3.8) is 0 Å². The second kappa shape index (κ2) is 4.16. The number of amides is 1. The molecule has 0 saturated heterocycles. The lowest BCUT2D eigenvalue weighted by molar-refractivity contribution is -0.133. The van der Waals surface area contributed by atoms with Gasteiger partial charge in [0.25, 0.3) is 5.91 Å². The fraction of sp³-hybridized carbons (Fsp3) is 0.600. The number of hydrogen-bond donors (Lipinski definition) is 2. The molecule has 1 unspecified atom stereocenters. The van der Waals surface area contributed by atoms with Gasteiger partial charge in [0.05, 0.1) is 0 Å². The normalized spacial score (nSPS) is 12.2. The van der Waals surface area contributed by atoms with Gasteiger partial charge in [-0.05, 0) is 0 Å². The van der Waals surface area contributed by atoms with E-state index in [1.54, 1.807) is 6.26 Å². The average molecular weight is 164 g/mol. The van der Waals surface area contributed by atoms with Crippen molar-refractivity contribution in [3.8, 4) is 0 Å². The van der Waals surface area contributed by atoms with Gasteiger partial charge in [0, 0.05) is 6.92 Å². The molecule has 10 heavy (non-hydrogen) atoms. The van der Waals surface area contributed by atoms with Crippen molar-refractivity contribution in [1.29, 1.82) is 0 Å². The monoisotopic (exact) mass is 164 g/mol. The molecule has 0 aromatic rings. The Morgan fingerprint density at radius 2 is 2.10 bits per heavy atom. The van der Waals surface area contributed by atoms with Crippen LogP contribution >= 0.6 is 0 Å². The number of aliphatic carboxylic acids is 1. The SMILES string of the molecule is CC(=O)N[S+](C)CC(=O)O. The summed E-state index contributed by atoms with van der Waals surface area (Å²) >= 11 is -0.529. The first-order chi connectivity index (χ1) is 4.52. The summed E-state index contributed by atoms with van der Waals surface area (Å²) in [4.78, 5) is 20.4. The molecule has 2 N–H and O–H groups in total. The van der Waals surface area contributed by atoms with Crippen molar-refractivity contribution in [2.24, 2.45) is 0 Å². The number of rotatable bonds is 3. The fourth-order valence-corrected chi connectivity index (χ4v) is 1.40. The summed E-state index contributed by atoms with van der Waals surface area (Å²) < 4.78 is 2.48. The Kier molecular flexibility index (Phi) is 3.87. The van der Waals surface area contributed by atoms with Gasteiger partial charge in [0.15, 0.2) is 0 Å². The standard InChI is InChI=1S/C5H9NO3S/c1-4(7)6-10(2)3-5(8)9/h3H2,1-2H3,(H-,6,7,8,9)/p+1. The molecular weight excluding hydrogens is 154 g/mol. The zero-order valence-electron chi connectivity index (χ0n) is 5.88. The maximum Gasteiger partial charge on any atom is 0.356 e. The van der Waals surface area contributed by atoms with Gasteiger partial charge in [-0.25, -0.2) is 4.79 Å². The van der Waals surface area contributed by atoms with Crippen LogP contribution in [0.4, 0.5) is 0 Å². The maximum atomic E-state index is 10.3. The molecule has 0 radical (unpaired) electrons. The highest BCUT2D eigenvalue weighted by molar-refractivity contribution is 7.95. The number of carboxylic acid groups (broad SMARTS) is 1. The van der Waals surface area contributed by atoms with Crippen LogP contribution in [0.3, 0.4) is 0 Å². The largest absolute Gasteiger partial charge is 0.478 e. The summed E-state index contributed by atoms with van der Waals surface area (Å²) in [5, 5.41) is 8.25. The second-order valence-electron chi connectivity index (χ2n) is 1.83. The second-order valence-corrected chi connectivity index (χ2v) is 3.60. The Morgan fingerprint density at radius 1 is 1.60 bits per heavy atom. The molecule has 5 heteroatoms. The Balaban J connectivity index is 3.53. The van der Waals surface area contributed by atoms with E-state index in [9.17, 15) is 9.59 Å². The molecular formula is C5H10NO3S+. The molecule has 0 spiro atoms. The zero-order valence-corrected chi connectivity index (χ0v) is 6.70. The summed E-state index contributed by atoms with van der Waals surface area (Å²) in [5.41, 5.74) is 0. The van der Waals surface area contributed by atoms with Crippen molar-refractivity contribution >= 4 is 23.0 Å². The Labute approximate surface area is 62.1 Å². The highest BCUT2D eigenvalue weighted by atomic mass is 32.2. The zero-order chi connectivity index (χ0) is 8.15. The maximum absolute atomic E-state index is 10.3. The third-order valence-corrected chi connectivity index (χ3v) is 1.97. The van der Waals surface area contributed by atoms with Gasteiger partial charge >= 0.3 is 5.97 Å². The molecule has 0 aromatic heterocycles. The van der Waals surface area contributed by atoms with Crippen molar-refractivity contribution in [2.75, 3.05) is 12.0 Å². The summed E-state index contributed by atoms with van der Waals surface area (Å²) in [6.07, 6.45) is 1.68. The average Bonchev–Trinajstić information content (AvgIpc) is 1.58. The van der Waals surface area contributed by atoms with Crippen LogP contribution in [-0.2, 0) is 20.7 Å². The molecule has 58 valence electrons. The molecule has 0 bridgehead atoms. The van der Waals surface area contributed by atoms with E-state index >= 15 is 0 Å².